The Morgan fingerprint density at radius 3 is 3.15 bits per heavy atom. The van der Waals surface area contributed by atoms with E-state index in [9.17, 15) is 4.21 Å². The van der Waals surface area contributed by atoms with E-state index in [1.54, 1.807) is 22.2 Å². The summed E-state index contributed by atoms with van der Waals surface area (Å²) in [7, 11) is -1.04. The molecule has 0 fully saturated rings. The summed E-state index contributed by atoms with van der Waals surface area (Å²) in [6.07, 6.45) is 3.55. The highest BCUT2D eigenvalue weighted by Gasteiger charge is 2.12. The lowest BCUT2D eigenvalue weighted by Gasteiger charge is -1.99. The van der Waals surface area contributed by atoms with Crippen molar-refractivity contribution in [1.29, 1.82) is 0 Å². The van der Waals surface area contributed by atoms with Crippen LogP contribution in [0.4, 0.5) is 0 Å². The van der Waals surface area contributed by atoms with Crippen molar-refractivity contribution in [2.24, 2.45) is 0 Å². The van der Waals surface area contributed by atoms with Gasteiger partial charge < -0.3 is 4.52 Å². The lowest BCUT2D eigenvalue weighted by molar-refractivity contribution is 0.390. The molecule has 0 unspecified atom stereocenters. The van der Waals surface area contributed by atoms with E-state index in [1.807, 2.05) is 29.1 Å². The first kappa shape index (κ1) is 13.2. The fourth-order valence-electron chi connectivity index (χ4n) is 1.66. The van der Waals surface area contributed by atoms with Gasteiger partial charge in [-0.1, -0.05) is 5.16 Å². The van der Waals surface area contributed by atoms with Gasteiger partial charge in [-0.25, -0.2) is 0 Å². The van der Waals surface area contributed by atoms with Crippen LogP contribution in [0.15, 0.2) is 39.8 Å². The van der Waals surface area contributed by atoms with Crippen LogP contribution in [0, 0.1) is 0 Å². The summed E-state index contributed by atoms with van der Waals surface area (Å²) in [4.78, 5) is 4.25. The first-order valence-electron chi connectivity index (χ1n) is 5.99. The summed E-state index contributed by atoms with van der Waals surface area (Å²) in [6, 6.07) is 3.77. The van der Waals surface area contributed by atoms with E-state index in [2.05, 4.69) is 15.2 Å². The smallest absolute Gasteiger partial charge is 0.239 e. The predicted octanol–water partition coefficient (Wildman–Crippen LogP) is 1.94. The third-order valence-corrected chi connectivity index (χ3v) is 4.53. The monoisotopic (exact) mass is 308 g/mol. The Hall–Kier alpha value is -1.80. The van der Waals surface area contributed by atoms with Crippen molar-refractivity contribution < 1.29 is 8.73 Å². The van der Waals surface area contributed by atoms with E-state index in [0.717, 1.165) is 5.56 Å². The van der Waals surface area contributed by atoms with Gasteiger partial charge in [0.05, 0.1) is 6.54 Å². The zero-order valence-electron chi connectivity index (χ0n) is 10.5. The van der Waals surface area contributed by atoms with Gasteiger partial charge in [0, 0.05) is 39.9 Å². The minimum Gasteiger partial charge on any atom is -0.338 e. The molecule has 0 N–H and O–H groups in total. The van der Waals surface area contributed by atoms with Crippen LogP contribution >= 0.6 is 11.3 Å². The summed E-state index contributed by atoms with van der Waals surface area (Å²) in [6.45, 7) is 0.616. The van der Waals surface area contributed by atoms with E-state index < -0.39 is 10.8 Å². The average molecular weight is 308 g/mol. The van der Waals surface area contributed by atoms with Gasteiger partial charge in [-0.3, -0.25) is 8.89 Å². The highest BCUT2D eigenvalue weighted by atomic mass is 32.2. The second-order valence-corrected chi connectivity index (χ2v) is 6.44. The van der Waals surface area contributed by atoms with Crippen molar-refractivity contribution in [3.8, 4) is 11.4 Å². The first-order chi connectivity index (χ1) is 9.81. The van der Waals surface area contributed by atoms with E-state index in [4.69, 9.17) is 4.52 Å². The molecule has 3 heterocycles. The van der Waals surface area contributed by atoms with Crippen LogP contribution in [0.3, 0.4) is 0 Å². The molecule has 0 saturated carbocycles. The second-order valence-electron chi connectivity index (χ2n) is 4.08. The van der Waals surface area contributed by atoms with Crippen LogP contribution in [0.1, 0.15) is 5.89 Å². The van der Waals surface area contributed by atoms with Gasteiger partial charge in [0.25, 0.3) is 0 Å². The van der Waals surface area contributed by atoms with E-state index in [0.29, 0.717) is 24.0 Å². The van der Waals surface area contributed by atoms with Crippen molar-refractivity contribution >= 4 is 22.1 Å². The molecule has 0 aliphatic carbocycles. The molecule has 0 spiro atoms. The molecule has 0 aromatic carbocycles. The topological polar surface area (TPSA) is 73.8 Å². The molecule has 6 nitrogen and oxygen atoms in total. The second kappa shape index (κ2) is 6.10. The third-order valence-electron chi connectivity index (χ3n) is 2.64. The summed E-state index contributed by atoms with van der Waals surface area (Å²) in [5.41, 5.74) is 0.923. The molecule has 104 valence electrons. The maximum Gasteiger partial charge on any atom is 0.239 e. The van der Waals surface area contributed by atoms with Gasteiger partial charge in [0.15, 0.2) is 0 Å². The fraction of sp³-hybridized carbons (Fsp3) is 0.250. The zero-order valence-corrected chi connectivity index (χ0v) is 12.1. The van der Waals surface area contributed by atoms with Gasteiger partial charge in [-0.15, -0.1) is 0 Å². The van der Waals surface area contributed by atoms with E-state index in [-0.39, 0.29) is 5.75 Å². The quantitative estimate of drug-likeness (QED) is 0.696. The molecule has 1 atom stereocenters. The van der Waals surface area contributed by atoms with Crippen LogP contribution in [-0.2, 0) is 23.1 Å². The fourth-order valence-corrected chi connectivity index (χ4v) is 3.22. The summed E-state index contributed by atoms with van der Waals surface area (Å²) < 4.78 is 18.8. The summed E-state index contributed by atoms with van der Waals surface area (Å²) >= 11 is 1.57. The number of rotatable bonds is 6. The lowest BCUT2D eigenvalue weighted by atomic mass is 10.3. The maximum atomic E-state index is 11.9. The Morgan fingerprint density at radius 1 is 1.45 bits per heavy atom. The van der Waals surface area contributed by atoms with Crippen LogP contribution in [0.2, 0.25) is 0 Å². The maximum absolute atomic E-state index is 11.9. The molecule has 3 aromatic rings. The SMILES string of the molecule is O=[S@](CCn1cccn1)Cc1nc(-c2ccsc2)no1. The van der Waals surface area contributed by atoms with Crippen molar-refractivity contribution in [3.05, 3.63) is 41.2 Å². The van der Waals surface area contributed by atoms with Crippen LogP contribution < -0.4 is 0 Å². The van der Waals surface area contributed by atoms with E-state index >= 15 is 0 Å². The molecule has 0 radical (unpaired) electrons. The van der Waals surface area contributed by atoms with Crippen molar-refractivity contribution in [2.45, 2.75) is 12.3 Å². The number of hydrogen-bond donors (Lipinski definition) is 0. The minimum absolute atomic E-state index is 0.276. The summed E-state index contributed by atoms with van der Waals surface area (Å²) in [5.74, 6) is 1.74. The Kier molecular flexibility index (Phi) is 4.03. The Balaban J connectivity index is 1.56. The molecule has 0 amide bonds. The summed E-state index contributed by atoms with van der Waals surface area (Å²) in [5, 5.41) is 11.9. The highest BCUT2D eigenvalue weighted by molar-refractivity contribution is 7.84. The van der Waals surface area contributed by atoms with Gasteiger partial charge >= 0.3 is 0 Å². The molecule has 0 bridgehead atoms. The molecule has 20 heavy (non-hydrogen) atoms. The van der Waals surface area contributed by atoms with Gasteiger partial charge in [0.1, 0.15) is 5.75 Å². The van der Waals surface area contributed by atoms with Crippen molar-refractivity contribution in [3.63, 3.8) is 0 Å². The lowest BCUT2D eigenvalue weighted by Crippen LogP contribution is -2.09. The molecule has 8 heteroatoms. The molecule has 0 saturated heterocycles. The van der Waals surface area contributed by atoms with Gasteiger partial charge in [-0.2, -0.15) is 21.4 Å². The van der Waals surface area contributed by atoms with Crippen LogP contribution in [0.5, 0.6) is 0 Å². The zero-order chi connectivity index (χ0) is 13.8. The van der Waals surface area contributed by atoms with E-state index in [1.165, 1.54) is 0 Å². The highest BCUT2D eigenvalue weighted by Crippen LogP contribution is 2.18. The minimum atomic E-state index is -1.04. The molecule has 3 rings (SSSR count). The van der Waals surface area contributed by atoms with Crippen molar-refractivity contribution in [1.82, 2.24) is 19.9 Å². The largest absolute Gasteiger partial charge is 0.338 e. The van der Waals surface area contributed by atoms with Crippen molar-refractivity contribution in [2.75, 3.05) is 5.75 Å². The van der Waals surface area contributed by atoms with Crippen LogP contribution in [-0.4, -0.2) is 29.9 Å². The normalized spacial score (nSPS) is 12.6. The standard InChI is InChI=1S/C12H12N4O2S2/c17-20(7-5-16-4-1-3-13-16)9-11-14-12(15-18-11)10-2-6-19-8-10/h1-4,6,8H,5,7,9H2/t20-/m1/s1. The Morgan fingerprint density at radius 2 is 2.40 bits per heavy atom. The third kappa shape index (κ3) is 3.20. The molecular weight excluding hydrogens is 296 g/mol. The Labute approximate surface area is 121 Å². The van der Waals surface area contributed by atoms with Crippen LogP contribution in [0.25, 0.3) is 11.4 Å². The number of nitrogens with zero attached hydrogens (tertiary/aromatic N) is 4. The average Bonchev–Trinajstić information content (AvgIpc) is 3.18. The number of aromatic nitrogens is 4. The van der Waals surface area contributed by atoms with Gasteiger partial charge in [0.2, 0.25) is 11.7 Å². The molecule has 0 aliphatic heterocycles. The number of aryl methyl sites for hydroxylation is 1. The molecule has 0 aliphatic rings. The predicted molar refractivity (Wildman–Crippen MR) is 76.6 cm³/mol. The Bertz CT molecular complexity index is 676. The number of thiophene rings is 1. The molecule has 3 aromatic heterocycles. The molecular formula is C12H12N4O2S2. The van der Waals surface area contributed by atoms with Gasteiger partial charge in [-0.05, 0) is 17.5 Å². The first-order valence-corrected chi connectivity index (χ1v) is 8.42. The number of hydrogen-bond acceptors (Lipinski definition) is 6.